The number of amides is 1. The van der Waals surface area contributed by atoms with Gasteiger partial charge in [0.05, 0.1) is 19.9 Å². The van der Waals surface area contributed by atoms with Crippen LogP contribution in [0.3, 0.4) is 0 Å². The lowest BCUT2D eigenvalue weighted by Crippen LogP contribution is -2.34. The van der Waals surface area contributed by atoms with Crippen LogP contribution in [0.1, 0.15) is 62.0 Å². The highest BCUT2D eigenvalue weighted by molar-refractivity contribution is 6.00. The Hall–Kier alpha value is -3.41. The average molecular weight is 464 g/mol. The molecule has 3 rings (SSSR count). The molecule has 1 heterocycles. The zero-order chi connectivity index (χ0) is 24.8. The topological polar surface area (TPSA) is 62.8 Å². The number of hydrogen-bond acceptors (Lipinski definition) is 5. The fourth-order valence-electron chi connectivity index (χ4n) is 3.99. The summed E-state index contributed by atoms with van der Waals surface area (Å²) in [7, 11) is 3.14. The number of allylic oxidation sites excluding steroid dienone is 1. The maximum Gasteiger partial charge on any atom is 0.258 e. The van der Waals surface area contributed by atoms with Crippen molar-refractivity contribution in [3.8, 4) is 11.5 Å². The molecule has 0 saturated heterocycles. The monoisotopic (exact) mass is 463 g/mol. The number of benzene rings is 2. The van der Waals surface area contributed by atoms with Gasteiger partial charge in [-0.15, -0.1) is 0 Å². The van der Waals surface area contributed by atoms with Crippen molar-refractivity contribution in [2.45, 2.75) is 53.5 Å². The molecule has 1 atom stereocenters. The molecule has 0 aliphatic carbocycles. The molecule has 1 unspecified atom stereocenters. The van der Waals surface area contributed by atoms with Gasteiger partial charge >= 0.3 is 0 Å². The summed E-state index contributed by atoms with van der Waals surface area (Å²) in [6.07, 6.45) is 6.43. The molecule has 1 aliphatic rings. The van der Waals surface area contributed by atoms with E-state index in [0.29, 0.717) is 29.6 Å². The quantitative estimate of drug-likeness (QED) is 0.457. The molecule has 1 amide bonds. The molecule has 182 valence electrons. The normalized spacial score (nSPS) is 15.1. The third kappa shape index (κ3) is 5.22. The van der Waals surface area contributed by atoms with Crippen LogP contribution < -0.4 is 25.0 Å². The first-order valence-electron chi connectivity index (χ1n) is 12.0. The first-order chi connectivity index (χ1) is 16.4. The molecule has 2 aromatic rings. The van der Waals surface area contributed by atoms with Crippen molar-refractivity contribution in [2.24, 2.45) is 0 Å². The Morgan fingerprint density at radius 3 is 2.26 bits per heavy atom. The molecule has 0 saturated carbocycles. The first kappa shape index (κ1) is 25.2. The molecule has 0 fully saturated rings. The lowest BCUT2D eigenvalue weighted by Gasteiger charge is -2.29. The van der Waals surface area contributed by atoms with E-state index in [1.807, 2.05) is 19.1 Å². The van der Waals surface area contributed by atoms with Crippen LogP contribution >= 0.6 is 0 Å². The van der Waals surface area contributed by atoms with E-state index >= 15 is 0 Å². The highest BCUT2D eigenvalue weighted by atomic mass is 16.5. The summed E-state index contributed by atoms with van der Waals surface area (Å²) in [6.45, 7) is 11.0. The fourth-order valence-corrected chi connectivity index (χ4v) is 3.99. The van der Waals surface area contributed by atoms with Gasteiger partial charge in [-0.05, 0) is 62.9 Å². The molecule has 2 N–H and O–H groups in total. The average Bonchev–Trinajstić information content (AvgIpc) is 2.81. The Balaban J connectivity index is 2.11. The number of methoxy groups -OCH3 is 2. The van der Waals surface area contributed by atoms with E-state index in [1.54, 1.807) is 14.2 Å². The molecule has 34 heavy (non-hydrogen) atoms. The summed E-state index contributed by atoms with van der Waals surface area (Å²) in [5.74, 6) is 0.717. The van der Waals surface area contributed by atoms with E-state index in [1.165, 1.54) is 16.8 Å². The zero-order valence-corrected chi connectivity index (χ0v) is 21.4. The van der Waals surface area contributed by atoms with Crippen LogP contribution in [-0.4, -0.2) is 32.7 Å². The van der Waals surface area contributed by atoms with Crippen molar-refractivity contribution in [1.29, 1.82) is 0 Å². The van der Waals surface area contributed by atoms with Crippen LogP contribution in [0.2, 0.25) is 0 Å². The number of hydrogen-bond donors (Lipinski definition) is 2. The van der Waals surface area contributed by atoms with E-state index in [2.05, 4.69) is 73.7 Å². The van der Waals surface area contributed by atoms with Crippen LogP contribution in [0, 0.1) is 6.92 Å². The molecule has 1 aliphatic heterocycles. The number of anilines is 2. The van der Waals surface area contributed by atoms with E-state index in [4.69, 9.17) is 9.47 Å². The molecule has 0 spiro atoms. The lowest BCUT2D eigenvalue weighted by molar-refractivity contribution is 0.0949. The summed E-state index contributed by atoms with van der Waals surface area (Å²) in [6, 6.07) is 10.7. The Labute approximate surface area is 203 Å². The number of carbonyl (C=O) groups excluding carboxylic acids is 1. The van der Waals surface area contributed by atoms with Crippen molar-refractivity contribution >= 4 is 23.0 Å². The van der Waals surface area contributed by atoms with Gasteiger partial charge in [0.2, 0.25) is 0 Å². The van der Waals surface area contributed by atoms with Crippen LogP contribution in [0.15, 0.2) is 48.2 Å². The summed E-state index contributed by atoms with van der Waals surface area (Å²) in [4.78, 5) is 14.8. The first-order valence-corrected chi connectivity index (χ1v) is 12.0. The summed E-state index contributed by atoms with van der Waals surface area (Å²) in [5, 5.41) is 6.36. The van der Waals surface area contributed by atoms with Gasteiger partial charge in [0.1, 0.15) is 17.1 Å². The van der Waals surface area contributed by atoms with Gasteiger partial charge in [0.15, 0.2) is 0 Å². The van der Waals surface area contributed by atoms with Crippen molar-refractivity contribution in [2.75, 3.05) is 25.7 Å². The second kappa shape index (κ2) is 11.1. The number of aryl methyl sites for hydroxylation is 1. The predicted molar refractivity (Wildman–Crippen MR) is 140 cm³/mol. The Morgan fingerprint density at radius 1 is 1.12 bits per heavy atom. The van der Waals surface area contributed by atoms with E-state index in [9.17, 15) is 4.79 Å². The summed E-state index contributed by atoms with van der Waals surface area (Å²) in [5.41, 5.74) is 7.05. The molecular weight excluding hydrogens is 426 g/mol. The van der Waals surface area contributed by atoms with Crippen LogP contribution in [0.5, 0.6) is 11.5 Å². The van der Waals surface area contributed by atoms with Gasteiger partial charge < -0.3 is 25.0 Å². The number of ether oxygens (including phenoxy) is 2. The molecule has 6 nitrogen and oxygen atoms in total. The maximum atomic E-state index is 12.7. The smallest absolute Gasteiger partial charge is 0.258 e. The third-order valence-electron chi connectivity index (χ3n) is 6.16. The van der Waals surface area contributed by atoms with Crippen molar-refractivity contribution in [3.63, 3.8) is 0 Å². The van der Waals surface area contributed by atoms with E-state index in [0.717, 1.165) is 29.8 Å². The molecular formula is C28H37N3O3. The Kier molecular flexibility index (Phi) is 8.26. The highest BCUT2D eigenvalue weighted by Crippen LogP contribution is 2.39. The second-order valence-electron chi connectivity index (χ2n) is 8.52. The Morgan fingerprint density at radius 2 is 1.76 bits per heavy atom. The number of carbonyl (C=O) groups is 1. The van der Waals surface area contributed by atoms with E-state index < -0.39 is 0 Å². The van der Waals surface area contributed by atoms with Crippen LogP contribution in [0.25, 0.3) is 5.70 Å². The van der Waals surface area contributed by atoms with Crippen molar-refractivity contribution < 1.29 is 14.3 Å². The van der Waals surface area contributed by atoms with Gasteiger partial charge in [-0.1, -0.05) is 25.5 Å². The number of nitrogens with one attached hydrogen (secondary N) is 2. The molecule has 0 radical (unpaired) electrons. The van der Waals surface area contributed by atoms with Crippen LogP contribution in [0.4, 0.5) is 11.4 Å². The highest BCUT2D eigenvalue weighted by Gasteiger charge is 2.23. The molecule has 6 heteroatoms. The van der Waals surface area contributed by atoms with Crippen LogP contribution in [-0.2, 0) is 0 Å². The maximum absolute atomic E-state index is 12.7. The Bertz CT molecular complexity index is 1080. The minimum absolute atomic E-state index is 0.221. The van der Waals surface area contributed by atoms with E-state index in [-0.39, 0.29) is 5.91 Å². The fraction of sp³-hybridized carbons (Fsp3) is 0.393. The summed E-state index contributed by atoms with van der Waals surface area (Å²) >= 11 is 0. The van der Waals surface area contributed by atoms with Gasteiger partial charge in [-0.3, -0.25) is 4.79 Å². The third-order valence-corrected chi connectivity index (χ3v) is 6.16. The van der Waals surface area contributed by atoms with Crippen molar-refractivity contribution in [1.82, 2.24) is 10.6 Å². The van der Waals surface area contributed by atoms with Gasteiger partial charge in [-0.2, -0.15) is 0 Å². The molecule has 0 bridgehead atoms. The van der Waals surface area contributed by atoms with Gasteiger partial charge in [0, 0.05) is 42.3 Å². The largest absolute Gasteiger partial charge is 0.496 e. The summed E-state index contributed by atoms with van der Waals surface area (Å²) < 4.78 is 11.3. The predicted octanol–water partition coefficient (Wildman–Crippen LogP) is 5.94. The lowest BCUT2D eigenvalue weighted by atomic mass is 9.98. The SMILES string of the molecule is CCNC(=O)c1c(OC)cc(N(/C=C(/C)CC)c2ccc(C3=CC(CC)N3)cc2C)cc1OC. The number of rotatable bonds is 10. The zero-order valence-electron chi connectivity index (χ0n) is 21.4. The molecule has 0 aromatic heterocycles. The minimum Gasteiger partial charge on any atom is -0.496 e. The van der Waals surface area contributed by atoms with Crippen molar-refractivity contribution in [3.05, 3.63) is 64.9 Å². The number of nitrogens with zero attached hydrogens (tertiary/aromatic N) is 1. The van der Waals surface area contributed by atoms with Gasteiger partial charge in [-0.25, -0.2) is 0 Å². The standard InChI is InChI=1S/C28H37N3O3/c1-8-18(4)17-31(24-12-11-20(13-19(24)5)23-14-21(9-2)30-23)22-15-25(33-6)27(26(16-22)34-7)28(32)29-10-3/h11-17,21,30H,8-10H2,1-7H3,(H,29,32)/b18-17-. The molecule has 2 aromatic carbocycles. The van der Waals surface area contributed by atoms with Gasteiger partial charge in [0.25, 0.3) is 5.91 Å². The minimum atomic E-state index is -0.221. The second-order valence-corrected chi connectivity index (χ2v) is 8.52.